The number of anilines is 1. The van der Waals surface area contributed by atoms with E-state index >= 15 is 0 Å². The molecule has 2 N–H and O–H groups in total. The summed E-state index contributed by atoms with van der Waals surface area (Å²) in [5.74, 6) is -1.21. The van der Waals surface area contributed by atoms with Crippen LogP contribution in [0.1, 0.15) is 56.2 Å². The number of hydrogen-bond donors (Lipinski definition) is 2. The number of amides is 1. The van der Waals surface area contributed by atoms with Crippen LogP contribution in [0.3, 0.4) is 0 Å². The summed E-state index contributed by atoms with van der Waals surface area (Å²) >= 11 is 0. The molecule has 3 aromatic carbocycles. The number of ether oxygens (including phenoxy) is 1. The topological polar surface area (TPSA) is 135 Å². The molecular formula is C30H28BFN2O8S. The molecule has 43 heavy (non-hydrogen) atoms. The normalized spacial score (nSPS) is 14.6. The third-order valence-electron chi connectivity index (χ3n) is 7.78. The molecule has 13 heteroatoms. The van der Waals surface area contributed by atoms with Crippen LogP contribution in [0.5, 0.6) is 0 Å². The number of hydrogen-bond acceptors (Lipinski definition) is 8. The SMILES string of the molecule is CNC(=O)c1c(-c2ccc(F)cc2)oc2cc(N(Cc3cc4c(c(C(=O)OC)c3)B(O)OC4)S(C)(=O)=O)c(C3CC3)cc12. The number of nitrogens with one attached hydrogen (secondary N) is 1. The Kier molecular flexibility index (Phi) is 7.27. The fraction of sp³-hybridized carbons (Fsp3) is 0.267. The van der Waals surface area contributed by atoms with Crippen LogP contribution in [0.2, 0.25) is 0 Å². The third-order valence-corrected chi connectivity index (χ3v) is 8.91. The number of benzene rings is 3. The van der Waals surface area contributed by atoms with Crippen molar-refractivity contribution in [1.29, 1.82) is 0 Å². The third kappa shape index (κ3) is 5.28. The fourth-order valence-electron chi connectivity index (χ4n) is 5.60. The molecule has 0 atom stereocenters. The first-order chi connectivity index (χ1) is 20.5. The van der Waals surface area contributed by atoms with Crippen LogP contribution in [0.4, 0.5) is 10.1 Å². The molecule has 222 valence electrons. The number of furan rings is 1. The maximum absolute atomic E-state index is 13.7. The van der Waals surface area contributed by atoms with Gasteiger partial charge in [-0.3, -0.25) is 9.10 Å². The lowest BCUT2D eigenvalue weighted by atomic mass is 9.75. The van der Waals surface area contributed by atoms with E-state index in [-0.39, 0.29) is 41.5 Å². The van der Waals surface area contributed by atoms with Crippen molar-refractivity contribution >= 4 is 51.1 Å². The predicted octanol–water partition coefficient (Wildman–Crippen LogP) is 3.45. The van der Waals surface area contributed by atoms with E-state index < -0.39 is 34.8 Å². The van der Waals surface area contributed by atoms with Gasteiger partial charge in [-0.2, -0.15) is 0 Å². The van der Waals surface area contributed by atoms with Gasteiger partial charge in [0.1, 0.15) is 17.2 Å². The zero-order valence-corrected chi connectivity index (χ0v) is 24.5. The standard InChI is InChI=1S/C30H28BFN2O8S/c1-33-29(35)26-22-12-21(17-4-5-17)24(13-25(22)42-28(26)18-6-8-20(32)9-7-18)34(43(3,38)39)14-16-10-19-15-41-31(37)27(19)23(11-16)30(36)40-2/h6-13,17,37H,4-5,14-15H2,1-3H3,(H,33,35). The van der Waals surface area contributed by atoms with Crippen LogP contribution in [0.25, 0.3) is 22.3 Å². The molecule has 2 heterocycles. The average molecular weight is 606 g/mol. The summed E-state index contributed by atoms with van der Waals surface area (Å²) in [5.41, 5.74) is 3.60. The minimum absolute atomic E-state index is 0.0489. The zero-order chi connectivity index (χ0) is 30.6. The van der Waals surface area contributed by atoms with Crippen molar-refractivity contribution in [2.45, 2.75) is 31.9 Å². The van der Waals surface area contributed by atoms with Gasteiger partial charge in [0.05, 0.1) is 43.3 Å². The monoisotopic (exact) mass is 606 g/mol. The Morgan fingerprint density at radius 1 is 1.16 bits per heavy atom. The van der Waals surface area contributed by atoms with Crippen LogP contribution in [-0.4, -0.2) is 52.8 Å². The smallest absolute Gasteiger partial charge is 0.465 e. The number of rotatable bonds is 8. The molecule has 0 unspecified atom stereocenters. The molecule has 1 fully saturated rings. The van der Waals surface area contributed by atoms with Crippen molar-refractivity contribution in [3.8, 4) is 11.3 Å². The van der Waals surface area contributed by atoms with Gasteiger partial charge >= 0.3 is 13.1 Å². The summed E-state index contributed by atoms with van der Waals surface area (Å²) in [6.07, 6.45) is 2.78. The first-order valence-electron chi connectivity index (χ1n) is 13.6. The van der Waals surface area contributed by atoms with Gasteiger partial charge in [0.15, 0.2) is 0 Å². The molecule has 1 aliphatic carbocycles. The second-order valence-corrected chi connectivity index (χ2v) is 12.6. The van der Waals surface area contributed by atoms with E-state index in [2.05, 4.69) is 5.32 Å². The van der Waals surface area contributed by atoms with Gasteiger partial charge in [0.25, 0.3) is 5.91 Å². The highest BCUT2D eigenvalue weighted by atomic mass is 32.2. The predicted molar refractivity (Wildman–Crippen MR) is 158 cm³/mol. The number of halogens is 1. The fourth-order valence-corrected chi connectivity index (χ4v) is 6.50. The summed E-state index contributed by atoms with van der Waals surface area (Å²) in [6.45, 7) is -0.0847. The van der Waals surface area contributed by atoms with Crippen molar-refractivity contribution < 1.29 is 41.2 Å². The zero-order valence-electron chi connectivity index (χ0n) is 23.6. The number of methoxy groups -OCH3 is 1. The van der Waals surface area contributed by atoms with Crippen molar-refractivity contribution in [3.63, 3.8) is 0 Å². The van der Waals surface area contributed by atoms with Crippen molar-refractivity contribution in [1.82, 2.24) is 5.32 Å². The lowest BCUT2D eigenvalue weighted by Crippen LogP contribution is -2.35. The molecule has 10 nitrogen and oxygen atoms in total. The Labute approximate surface area is 247 Å². The lowest BCUT2D eigenvalue weighted by molar-refractivity contribution is 0.0601. The minimum atomic E-state index is -3.88. The average Bonchev–Trinajstić information content (AvgIpc) is 3.67. The minimum Gasteiger partial charge on any atom is -0.465 e. The number of carbonyl (C=O) groups is 2. The Morgan fingerprint density at radius 3 is 2.51 bits per heavy atom. The lowest BCUT2D eigenvalue weighted by Gasteiger charge is -2.26. The molecule has 0 spiro atoms. The van der Waals surface area contributed by atoms with Gasteiger partial charge in [0.2, 0.25) is 10.0 Å². The molecule has 0 saturated heterocycles. The Balaban J connectivity index is 1.52. The molecule has 1 amide bonds. The van der Waals surface area contributed by atoms with E-state index in [0.29, 0.717) is 33.2 Å². The number of fused-ring (bicyclic) bond motifs is 2. The van der Waals surface area contributed by atoms with Crippen LogP contribution in [0.15, 0.2) is 52.9 Å². The van der Waals surface area contributed by atoms with E-state index in [1.807, 2.05) is 0 Å². The van der Waals surface area contributed by atoms with Gasteiger partial charge in [-0.05, 0) is 71.8 Å². The molecule has 0 radical (unpaired) electrons. The highest BCUT2D eigenvalue weighted by molar-refractivity contribution is 7.92. The molecule has 0 bridgehead atoms. The number of sulfonamides is 1. The highest BCUT2D eigenvalue weighted by Crippen LogP contribution is 2.48. The van der Waals surface area contributed by atoms with Crippen LogP contribution in [-0.2, 0) is 32.6 Å². The van der Waals surface area contributed by atoms with Gasteiger partial charge in [-0.15, -0.1) is 0 Å². The Bertz CT molecular complexity index is 1890. The first-order valence-corrected chi connectivity index (χ1v) is 15.4. The van der Waals surface area contributed by atoms with Crippen LogP contribution >= 0.6 is 0 Å². The maximum Gasteiger partial charge on any atom is 0.492 e. The summed E-state index contributed by atoms with van der Waals surface area (Å²) in [4.78, 5) is 25.7. The molecule has 1 aliphatic heterocycles. The second-order valence-electron chi connectivity index (χ2n) is 10.7. The van der Waals surface area contributed by atoms with E-state index in [9.17, 15) is 27.4 Å². The molecule has 2 aliphatic rings. The quantitative estimate of drug-likeness (QED) is 0.230. The van der Waals surface area contributed by atoms with Crippen molar-refractivity contribution in [2.75, 3.05) is 24.7 Å². The van der Waals surface area contributed by atoms with Crippen LogP contribution in [0, 0.1) is 5.82 Å². The molecular weight excluding hydrogens is 578 g/mol. The maximum atomic E-state index is 13.7. The number of esters is 1. The van der Waals surface area contributed by atoms with Crippen molar-refractivity contribution in [3.05, 3.63) is 82.2 Å². The van der Waals surface area contributed by atoms with E-state index in [1.165, 1.54) is 48.8 Å². The Hall–Kier alpha value is -4.20. The van der Waals surface area contributed by atoms with Gasteiger partial charge in [-0.25, -0.2) is 17.6 Å². The summed E-state index contributed by atoms with van der Waals surface area (Å²) in [5, 5.41) is 13.4. The molecule has 4 aromatic rings. The first kappa shape index (κ1) is 28.9. The second kappa shape index (κ2) is 10.8. The van der Waals surface area contributed by atoms with Gasteiger partial charge in [-0.1, -0.05) is 6.07 Å². The van der Waals surface area contributed by atoms with E-state index in [0.717, 1.165) is 24.7 Å². The summed E-state index contributed by atoms with van der Waals surface area (Å²) in [7, 11) is -2.46. The number of nitrogens with zero attached hydrogens (tertiary/aromatic N) is 1. The molecule has 1 saturated carbocycles. The Morgan fingerprint density at radius 2 is 1.88 bits per heavy atom. The highest BCUT2D eigenvalue weighted by Gasteiger charge is 2.36. The van der Waals surface area contributed by atoms with Crippen LogP contribution < -0.4 is 15.1 Å². The van der Waals surface area contributed by atoms with Gasteiger partial charge < -0.3 is 24.1 Å². The van der Waals surface area contributed by atoms with Crippen molar-refractivity contribution in [2.24, 2.45) is 0 Å². The number of carbonyl (C=O) groups excluding carboxylic acids is 2. The van der Waals surface area contributed by atoms with Gasteiger partial charge in [0, 0.05) is 29.5 Å². The largest absolute Gasteiger partial charge is 0.492 e. The van der Waals surface area contributed by atoms with E-state index in [4.69, 9.17) is 13.8 Å². The summed E-state index contributed by atoms with van der Waals surface area (Å²) in [6, 6.07) is 12.2. The molecule has 6 rings (SSSR count). The van der Waals surface area contributed by atoms with E-state index in [1.54, 1.807) is 18.2 Å². The molecule has 1 aromatic heterocycles. The summed E-state index contributed by atoms with van der Waals surface area (Å²) < 4.78 is 58.0.